The van der Waals surface area contributed by atoms with Crippen molar-refractivity contribution in [1.29, 1.82) is 0 Å². The number of ether oxygens (including phenoxy) is 1. The van der Waals surface area contributed by atoms with Crippen LogP contribution in [0.4, 0.5) is 0 Å². The van der Waals surface area contributed by atoms with Crippen LogP contribution in [0.1, 0.15) is 5.56 Å². The quantitative estimate of drug-likeness (QED) is 0.732. The zero-order valence-corrected chi connectivity index (χ0v) is 10.6. The highest BCUT2D eigenvalue weighted by atomic mass is 35.5. The van der Waals surface area contributed by atoms with E-state index < -0.39 is 0 Å². The zero-order valence-electron chi connectivity index (χ0n) is 9.82. The third-order valence-electron chi connectivity index (χ3n) is 2.66. The molecule has 0 aliphatic rings. The molecule has 0 fully saturated rings. The van der Waals surface area contributed by atoms with Gasteiger partial charge in [0.2, 0.25) is 0 Å². The van der Waals surface area contributed by atoms with Gasteiger partial charge in [-0.05, 0) is 35.7 Å². The highest BCUT2D eigenvalue weighted by Gasteiger charge is 2.01. The topological polar surface area (TPSA) is 9.23 Å². The standard InChI is InChI=1S/C15H15ClO/c1-12-4-2-3-5-15(12)13-6-8-14(9-7-13)17-11-10-16/h2-9H,10-11H2,1H3. The van der Waals surface area contributed by atoms with Crippen molar-refractivity contribution in [3.8, 4) is 16.9 Å². The number of hydrogen-bond acceptors (Lipinski definition) is 1. The van der Waals surface area contributed by atoms with Crippen molar-refractivity contribution in [2.24, 2.45) is 0 Å². The molecule has 0 saturated heterocycles. The summed E-state index contributed by atoms with van der Waals surface area (Å²) in [4.78, 5) is 0. The highest BCUT2D eigenvalue weighted by Crippen LogP contribution is 2.25. The Labute approximate surface area is 107 Å². The number of benzene rings is 2. The molecule has 0 unspecified atom stereocenters. The first kappa shape index (κ1) is 12.0. The summed E-state index contributed by atoms with van der Waals surface area (Å²) in [6, 6.07) is 16.5. The highest BCUT2D eigenvalue weighted by molar-refractivity contribution is 6.18. The van der Waals surface area contributed by atoms with E-state index in [0.29, 0.717) is 12.5 Å². The normalized spacial score (nSPS) is 10.2. The molecule has 88 valence electrons. The average molecular weight is 247 g/mol. The lowest BCUT2D eigenvalue weighted by atomic mass is 10.0. The fourth-order valence-corrected chi connectivity index (χ4v) is 1.86. The van der Waals surface area contributed by atoms with E-state index in [4.69, 9.17) is 16.3 Å². The first-order valence-electron chi connectivity index (χ1n) is 5.66. The van der Waals surface area contributed by atoms with Gasteiger partial charge in [0, 0.05) is 0 Å². The van der Waals surface area contributed by atoms with Gasteiger partial charge in [0.25, 0.3) is 0 Å². The van der Waals surface area contributed by atoms with Crippen LogP contribution in [0.15, 0.2) is 48.5 Å². The minimum absolute atomic E-state index is 0.513. The Balaban J connectivity index is 2.21. The SMILES string of the molecule is Cc1ccccc1-c1ccc(OCCCl)cc1. The number of aryl methyl sites for hydroxylation is 1. The monoisotopic (exact) mass is 246 g/mol. The van der Waals surface area contributed by atoms with E-state index in [9.17, 15) is 0 Å². The molecule has 2 rings (SSSR count). The zero-order chi connectivity index (χ0) is 12.1. The molecule has 0 radical (unpaired) electrons. The van der Waals surface area contributed by atoms with Crippen LogP contribution < -0.4 is 4.74 Å². The molecule has 0 aliphatic heterocycles. The molecule has 0 N–H and O–H groups in total. The van der Waals surface area contributed by atoms with Crippen molar-refractivity contribution < 1.29 is 4.74 Å². The molecule has 0 atom stereocenters. The van der Waals surface area contributed by atoms with E-state index in [2.05, 4.69) is 43.3 Å². The van der Waals surface area contributed by atoms with Crippen LogP contribution in [0.25, 0.3) is 11.1 Å². The summed E-state index contributed by atoms with van der Waals surface area (Å²) in [6.07, 6.45) is 0. The van der Waals surface area contributed by atoms with Crippen LogP contribution >= 0.6 is 11.6 Å². The first-order valence-corrected chi connectivity index (χ1v) is 6.19. The molecular formula is C15H15ClO. The summed E-state index contributed by atoms with van der Waals surface area (Å²) in [6.45, 7) is 2.67. The Morgan fingerprint density at radius 3 is 2.35 bits per heavy atom. The Kier molecular flexibility index (Phi) is 4.05. The predicted molar refractivity (Wildman–Crippen MR) is 72.8 cm³/mol. The molecule has 0 aliphatic carbocycles. The van der Waals surface area contributed by atoms with Crippen LogP contribution in [0.2, 0.25) is 0 Å². The molecule has 0 aromatic heterocycles. The van der Waals surface area contributed by atoms with Gasteiger partial charge in [-0.15, -0.1) is 11.6 Å². The molecule has 2 aromatic rings. The van der Waals surface area contributed by atoms with Gasteiger partial charge >= 0.3 is 0 Å². The van der Waals surface area contributed by atoms with Gasteiger partial charge in [0.15, 0.2) is 0 Å². The van der Waals surface area contributed by atoms with E-state index in [1.165, 1.54) is 16.7 Å². The Morgan fingerprint density at radius 1 is 1.00 bits per heavy atom. The fourth-order valence-electron chi connectivity index (χ4n) is 1.78. The molecule has 2 heteroatoms. The predicted octanol–water partition coefficient (Wildman–Crippen LogP) is 4.28. The molecule has 0 amide bonds. The summed E-state index contributed by atoms with van der Waals surface area (Å²) >= 11 is 5.57. The van der Waals surface area contributed by atoms with Crippen LogP contribution in [-0.2, 0) is 0 Å². The fraction of sp³-hybridized carbons (Fsp3) is 0.200. The van der Waals surface area contributed by atoms with E-state index in [1.54, 1.807) is 0 Å². The molecule has 17 heavy (non-hydrogen) atoms. The smallest absolute Gasteiger partial charge is 0.119 e. The molecule has 0 bridgehead atoms. The van der Waals surface area contributed by atoms with Gasteiger partial charge in [-0.25, -0.2) is 0 Å². The molecule has 0 heterocycles. The van der Waals surface area contributed by atoms with Crippen molar-refractivity contribution in [1.82, 2.24) is 0 Å². The Hall–Kier alpha value is -1.47. The van der Waals surface area contributed by atoms with Gasteiger partial charge in [0.05, 0.1) is 5.88 Å². The van der Waals surface area contributed by atoms with Gasteiger partial charge in [0.1, 0.15) is 12.4 Å². The van der Waals surface area contributed by atoms with Crippen molar-refractivity contribution >= 4 is 11.6 Å². The summed E-state index contributed by atoms with van der Waals surface area (Å²) in [5.41, 5.74) is 3.75. The third kappa shape index (κ3) is 3.01. The lowest BCUT2D eigenvalue weighted by Crippen LogP contribution is -1.97. The van der Waals surface area contributed by atoms with Gasteiger partial charge in [-0.3, -0.25) is 0 Å². The summed E-state index contributed by atoms with van der Waals surface area (Å²) < 4.78 is 5.44. The Morgan fingerprint density at radius 2 is 1.71 bits per heavy atom. The second kappa shape index (κ2) is 5.74. The van der Waals surface area contributed by atoms with Gasteiger partial charge in [-0.1, -0.05) is 36.4 Å². The second-order valence-electron chi connectivity index (χ2n) is 3.88. The maximum atomic E-state index is 5.57. The average Bonchev–Trinajstić information content (AvgIpc) is 2.38. The lowest BCUT2D eigenvalue weighted by Gasteiger charge is -2.07. The summed E-state index contributed by atoms with van der Waals surface area (Å²) in [5, 5.41) is 0. The van der Waals surface area contributed by atoms with Crippen LogP contribution in [0, 0.1) is 6.92 Å². The number of hydrogen-bond donors (Lipinski definition) is 0. The molecule has 0 spiro atoms. The van der Waals surface area contributed by atoms with E-state index >= 15 is 0 Å². The van der Waals surface area contributed by atoms with Crippen molar-refractivity contribution in [2.75, 3.05) is 12.5 Å². The minimum atomic E-state index is 0.513. The molecule has 0 saturated carbocycles. The van der Waals surface area contributed by atoms with E-state index in [1.807, 2.05) is 12.1 Å². The van der Waals surface area contributed by atoms with Crippen molar-refractivity contribution in [3.63, 3.8) is 0 Å². The molecule has 1 nitrogen and oxygen atoms in total. The third-order valence-corrected chi connectivity index (χ3v) is 2.81. The number of rotatable bonds is 4. The molecular weight excluding hydrogens is 232 g/mol. The number of halogens is 1. The lowest BCUT2D eigenvalue weighted by molar-refractivity contribution is 0.343. The largest absolute Gasteiger partial charge is 0.492 e. The minimum Gasteiger partial charge on any atom is -0.492 e. The maximum Gasteiger partial charge on any atom is 0.119 e. The second-order valence-corrected chi connectivity index (χ2v) is 4.25. The summed E-state index contributed by atoms with van der Waals surface area (Å²) in [7, 11) is 0. The van der Waals surface area contributed by atoms with Crippen LogP contribution in [0.3, 0.4) is 0 Å². The van der Waals surface area contributed by atoms with E-state index in [-0.39, 0.29) is 0 Å². The van der Waals surface area contributed by atoms with Crippen molar-refractivity contribution in [2.45, 2.75) is 6.92 Å². The van der Waals surface area contributed by atoms with Gasteiger partial charge in [-0.2, -0.15) is 0 Å². The van der Waals surface area contributed by atoms with Crippen molar-refractivity contribution in [3.05, 3.63) is 54.1 Å². The van der Waals surface area contributed by atoms with Crippen LogP contribution in [0.5, 0.6) is 5.75 Å². The number of alkyl halides is 1. The van der Waals surface area contributed by atoms with E-state index in [0.717, 1.165) is 5.75 Å². The van der Waals surface area contributed by atoms with Gasteiger partial charge < -0.3 is 4.74 Å². The Bertz CT molecular complexity index is 477. The summed E-state index contributed by atoms with van der Waals surface area (Å²) in [5.74, 6) is 1.38. The maximum absolute atomic E-state index is 5.57. The first-order chi connectivity index (χ1) is 8.31. The molecule has 2 aromatic carbocycles. The van der Waals surface area contributed by atoms with Crippen LogP contribution in [-0.4, -0.2) is 12.5 Å².